The normalized spacial score (nSPS) is 11.1. The third-order valence-corrected chi connectivity index (χ3v) is 4.33. The van der Waals surface area contributed by atoms with Crippen molar-refractivity contribution in [3.8, 4) is 0 Å². The monoisotopic (exact) mass is 914 g/mol. The molecule has 0 aromatic heterocycles. The molecule has 0 heterocycles. The van der Waals surface area contributed by atoms with Crippen LogP contribution in [0.4, 0.5) is 0 Å². The maximum Gasteiger partial charge on any atom is 0.321 e. The summed E-state index contributed by atoms with van der Waals surface area (Å²) in [7, 11) is 0. The van der Waals surface area contributed by atoms with Gasteiger partial charge in [-0.05, 0) is 26.2 Å². The van der Waals surface area contributed by atoms with Gasteiger partial charge in [-0.2, -0.15) is 25.3 Å². The van der Waals surface area contributed by atoms with Crippen molar-refractivity contribution in [3.63, 3.8) is 0 Å². The van der Waals surface area contributed by atoms with Gasteiger partial charge in [-0.15, -0.1) is 0 Å². The first-order chi connectivity index (χ1) is 24.8. The molecule has 0 aliphatic carbocycles. The molecule has 0 rings (SSSR count). The summed E-state index contributed by atoms with van der Waals surface area (Å²) in [6, 6.07) is -3.79. The molecule has 0 aliphatic rings. The quantitative estimate of drug-likeness (QED) is 0.0604. The maximum absolute atomic E-state index is 10.1. The van der Waals surface area contributed by atoms with Gasteiger partial charge in [0.1, 0.15) is 30.2 Å². The Hall–Kier alpha value is -3.91. The van der Waals surface area contributed by atoms with Crippen LogP contribution in [0.5, 0.6) is 0 Å². The van der Waals surface area contributed by atoms with E-state index in [4.69, 9.17) is 74.6 Å². The Morgan fingerprint density at radius 3 is 0.571 bits per heavy atom. The molecule has 27 N–H and O–H groups in total. The Morgan fingerprint density at radius 1 is 0.411 bits per heavy atom. The zero-order chi connectivity index (χ0) is 46.6. The molecule has 0 bridgehead atoms. The van der Waals surface area contributed by atoms with Gasteiger partial charge in [-0.3, -0.25) is 43.2 Å². The predicted molar refractivity (Wildman–Crippen MR) is 203 cm³/mol. The van der Waals surface area contributed by atoms with Crippen molar-refractivity contribution in [2.45, 2.75) is 64.3 Å². The second-order valence-corrected chi connectivity index (χ2v) is 10.2. The van der Waals surface area contributed by atoms with E-state index >= 15 is 0 Å². The fourth-order valence-electron chi connectivity index (χ4n) is 0.765. The van der Waals surface area contributed by atoms with E-state index in [0.717, 1.165) is 0 Å². The molecule has 0 amide bonds. The molecule has 0 saturated carbocycles. The van der Waals surface area contributed by atoms with Crippen LogP contribution in [-0.4, -0.2) is 168 Å². The maximum atomic E-state index is 10.1. The number of hydrogen-bond donors (Lipinski definition) is 20. The van der Waals surface area contributed by atoms with Gasteiger partial charge in [0.2, 0.25) is 0 Å². The molecule has 341 valence electrons. The van der Waals surface area contributed by atoms with E-state index in [2.05, 4.69) is 48.2 Å². The topological polar surface area (TPSA) is 570 Å². The summed E-state index contributed by atoms with van der Waals surface area (Å²) < 4.78 is 0. The fourth-order valence-corrected chi connectivity index (χ4v) is 1.08. The number of aliphatic carboxylic acids is 9. The molecular weight excluding hydrogens is 854 g/mol. The van der Waals surface area contributed by atoms with Crippen molar-refractivity contribution < 1.29 is 106 Å². The van der Waals surface area contributed by atoms with Crippen molar-refractivity contribution in [1.29, 1.82) is 0 Å². The van der Waals surface area contributed by atoms with Gasteiger partial charge in [0.25, 0.3) is 0 Å². The molecule has 0 fully saturated rings. The van der Waals surface area contributed by atoms with Crippen molar-refractivity contribution in [3.05, 3.63) is 0 Å². The van der Waals surface area contributed by atoms with E-state index in [9.17, 15) is 43.2 Å². The van der Waals surface area contributed by atoms with Gasteiger partial charge < -0.3 is 97.6 Å². The number of nitrogens with two attached hydrogens (primary N) is 9. The summed E-state index contributed by atoms with van der Waals surface area (Å²) in [6.45, 7) is 5.62. The Labute approximate surface area is 343 Å². The number of hydrogen-bond acceptors (Lipinski definition) is 20. The van der Waals surface area contributed by atoms with Crippen LogP contribution in [0.2, 0.25) is 0 Å². The molecule has 0 unspecified atom stereocenters. The molecular formula is C26H61CuN9O18S2. The molecule has 30 heteroatoms. The van der Waals surface area contributed by atoms with Crippen molar-refractivity contribution in [1.82, 2.24) is 0 Å². The molecule has 0 saturated heterocycles. The number of rotatable bonds is 13. The number of carboxylic acids is 9. The molecule has 1 radical (unpaired) electrons. The fraction of sp³-hybridized carbons (Fsp3) is 0.654. The third-order valence-electron chi connectivity index (χ3n) is 3.55. The zero-order valence-electron chi connectivity index (χ0n) is 31.0. The Morgan fingerprint density at radius 2 is 0.554 bits per heavy atom. The van der Waals surface area contributed by atoms with Crippen LogP contribution in [0.3, 0.4) is 0 Å². The van der Waals surface area contributed by atoms with E-state index in [1.165, 1.54) is 13.8 Å². The average molecular weight is 915 g/mol. The zero-order valence-corrected chi connectivity index (χ0v) is 33.7. The summed E-state index contributed by atoms with van der Waals surface area (Å²) in [5.41, 5.74) is 43.1. The number of carbonyl (C=O) groups is 9. The first kappa shape index (κ1) is 76.7. The van der Waals surface area contributed by atoms with Crippen molar-refractivity contribution >= 4 is 79.0 Å². The molecule has 0 aliphatic heterocycles. The van der Waals surface area contributed by atoms with E-state index in [1.54, 1.807) is 0 Å². The summed E-state index contributed by atoms with van der Waals surface area (Å²) in [5.74, 6) is -7.98. The largest absolute Gasteiger partial charge is 0.480 e. The smallest absolute Gasteiger partial charge is 0.321 e. The van der Waals surface area contributed by atoms with Crippen LogP contribution in [-0.2, 0) is 60.2 Å². The molecule has 0 aromatic carbocycles. The van der Waals surface area contributed by atoms with E-state index in [0.29, 0.717) is 12.3 Å². The Balaban J connectivity index is -0.0000000534. The van der Waals surface area contributed by atoms with E-state index < -0.39 is 83.9 Å². The summed E-state index contributed by atoms with van der Waals surface area (Å²) >= 11 is 7.30. The van der Waals surface area contributed by atoms with Gasteiger partial charge in [-0.1, -0.05) is 13.8 Å². The number of carboxylic acid groups (broad SMARTS) is 9. The first-order valence-electron chi connectivity index (χ1n) is 14.6. The predicted octanol–water partition coefficient (Wildman–Crippen LogP) is -5.95. The second kappa shape index (κ2) is 55.4. The van der Waals surface area contributed by atoms with Crippen molar-refractivity contribution in [2.75, 3.05) is 37.7 Å². The van der Waals surface area contributed by atoms with Gasteiger partial charge in [0.15, 0.2) is 0 Å². The standard InChI is InChI=1S/C6H13NO2.2C3H7NO2S.2C3H7NO2.4C2H5NO2.Cu/c1-4(2)3-5(7)6(8)9;2*4-2(1-7)3(5)6;2*1-2(4)3(5)6;4*3-1-2(4)5;/h4-5H,3,7H2,1-2H3,(H,8,9);2*2,7H,1,4H2,(H,5,6);2*2H,4H2,1H3,(H,5,6);4*1,3H2,(H,4,5);/t5-;4*2-;;;;;/m00000...../s1. The van der Waals surface area contributed by atoms with Crippen LogP contribution >= 0.6 is 25.3 Å². The SMILES string of the molecule is CC(C)C[C@H](N)C(=O)O.C[C@H](N)C(=O)O.C[C@H](N)C(=O)O.NCC(=O)O.NCC(=O)O.NCC(=O)O.NCC(=O)O.N[C@@H](CS)C(=O)O.N[C@@H](CS)C(=O)O.[Cu]. The Kier molecular flexibility index (Phi) is 76.0. The van der Waals surface area contributed by atoms with E-state index in [-0.39, 0.29) is 54.8 Å². The van der Waals surface area contributed by atoms with Crippen LogP contribution in [0.25, 0.3) is 0 Å². The average Bonchev–Trinajstić information content (AvgIpc) is 3.08. The molecule has 56 heavy (non-hydrogen) atoms. The number of thiol groups is 2. The minimum Gasteiger partial charge on any atom is -0.480 e. The van der Waals surface area contributed by atoms with Gasteiger partial charge in [0.05, 0.1) is 26.2 Å². The van der Waals surface area contributed by atoms with Crippen molar-refractivity contribution in [2.24, 2.45) is 57.5 Å². The minimum absolute atomic E-state index is 0. The van der Waals surface area contributed by atoms with Crippen LogP contribution in [0, 0.1) is 5.92 Å². The van der Waals surface area contributed by atoms with Crippen LogP contribution in [0.15, 0.2) is 0 Å². The first-order valence-corrected chi connectivity index (χ1v) is 15.8. The summed E-state index contributed by atoms with van der Waals surface area (Å²) in [5, 5.41) is 70.4. The Bertz CT molecular complexity index is 957. The van der Waals surface area contributed by atoms with Crippen LogP contribution in [0.1, 0.15) is 34.1 Å². The molecule has 0 aromatic rings. The molecule has 0 spiro atoms. The second-order valence-electron chi connectivity index (χ2n) is 9.47. The van der Waals surface area contributed by atoms with Crippen LogP contribution < -0.4 is 51.6 Å². The summed E-state index contributed by atoms with van der Waals surface area (Å²) in [6.07, 6.45) is 0.551. The van der Waals surface area contributed by atoms with Gasteiger partial charge in [-0.25, -0.2) is 0 Å². The van der Waals surface area contributed by atoms with E-state index in [1.807, 2.05) is 13.8 Å². The van der Waals surface area contributed by atoms with Gasteiger partial charge >= 0.3 is 53.7 Å². The molecule has 27 nitrogen and oxygen atoms in total. The third kappa shape index (κ3) is 117. The molecule has 5 atom stereocenters. The minimum atomic E-state index is -1.00. The summed E-state index contributed by atoms with van der Waals surface area (Å²) in [4.78, 5) is 85.7. The van der Waals surface area contributed by atoms with Gasteiger partial charge in [0, 0.05) is 28.6 Å².